The fraction of sp³-hybridized carbons (Fsp3) is 0.600. The van der Waals surface area contributed by atoms with Gasteiger partial charge in [0.15, 0.2) is 0 Å². The summed E-state index contributed by atoms with van der Waals surface area (Å²) in [5, 5.41) is 13.6. The van der Waals surface area contributed by atoms with Gasteiger partial charge in [0.2, 0.25) is 0 Å². The first-order valence-corrected chi connectivity index (χ1v) is 6.15. The van der Waals surface area contributed by atoms with Gasteiger partial charge in [-0.1, -0.05) is 5.92 Å². The summed E-state index contributed by atoms with van der Waals surface area (Å²) in [6, 6.07) is -1.86. The van der Waals surface area contributed by atoms with Crippen LogP contribution in [0.5, 0.6) is 0 Å². The van der Waals surface area contributed by atoms with Crippen molar-refractivity contribution in [1.29, 1.82) is 0 Å². The van der Waals surface area contributed by atoms with Crippen LogP contribution in [0.2, 0.25) is 0 Å². The van der Waals surface area contributed by atoms with Crippen molar-refractivity contribution in [2.75, 3.05) is 12.0 Å². The summed E-state index contributed by atoms with van der Waals surface area (Å²) in [7, 11) is 0. The van der Waals surface area contributed by atoms with Gasteiger partial charge in [0, 0.05) is 0 Å². The molecule has 2 atom stereocenters. The number of carboxylic acid groups (broad SMARTS) is 1. The maximum absolute atomic E-state index is 11.3. The van der Waals surface area contributed by atoms with Crippen LogP contribution in [-0.2, 0) is 4.79 Å². The topological polar surface area (TPSA) is 78.4 Å². The van der Waals surface area contributed by atoms with Gasteiger partial charge >= 0.3 is 12.0 Å². The molecule has 90 valence electrons. The molecule has 0 aromatic heterocycles. The number of hydrogen-bond donors (Lipinski definition) is 3. The molecule has 16 heavy (non-hydrogen) atoms. The zero-order valence-corrected chi connectivity index (χ0v) is 10.1. The standard InChI is InChI=1S/C10H16N2O3S/c1-4-7(2)11-10(15)12-8(9(13)14)5-6-16-3/h1,7-8H,5-6H2,2-3H3,(H,13,14)(H2,11,12,15). The second-order valence-corrected chi connectivity index (χ2v) is 4.16. The van der Waals surface area contributed by atoms with Gasteiger partial charge in [0.1, 0.15) is 6.04 Å². The minimum atomic E-state index is -1.04. The van der Waals surface area contributed by atoms with E-state index in [0.717, 1.165) is 0 Å². The van der Waals surface area contributed by atoms with E-state index in [0.29, 0.717) is 12.2 Å². The Morgan fingerprint density at radius 2 is 2.12 bits per heavy atom. The Kier molecular flexibility index (Phi) is 7.21. The Labute approximate surface area is 99.4 Å². The van der Waals surface area contributed by atoms with Gasteiger partial charge in [0.25, 0.3) is 0 Å². The Balaban J connectivity index is 4.14. The molecule has 2 amide bonds. The molecule has 0 saturated carbocycles. The average molecular weight is 244 g/mol. The smallest absolute Gasteiger partial charge is 0.326 e. The second kappa shape index (κ2) is 7.88. The third kappa shape index (κ3) is 6.19. The van der Waals surface area contributed by atoms with E-state index in [1.165, 1.54) is 11.8 Å². The lowest BCUT2D eigenvalue weighted by atomic mass is 10.2. The van der Waals surface area contributed by atoms with Gasteiger partial charge in [-0.25, -0.2) is 9.59 Å². The highest BCUT2D eigenvalue weighted by atomic mass is 32.2. The summed E-state index contributed by atoms with van der Waals surface area (Å²) in [5.74, 6) is 1.94. The fourth-order valence-electron chi connectivity index (χ4n) is 0.931. The van der Waals surface area contributed by atoms with E-state index in [4.69, 9.17) is 11.5 Å². The van der Waals surface area contributed by atoms with E-state index in [9.17, 15) is 9.59 Å². The largest absolute Gasteiger partial charge is 0.480 e. The summed E-state index contributed by atoms with van der Waals surface area (Å²) in [6.45, 7) is 1.64. The zero-order valence-electron chi connectivity index (χ0n) is 9.32. The van der Waals surface area contributed by atoms with Gasteiger partial charge in [-0.05, 0) is 25.4 Å². The summed E-state index contributed by atoms with van der Waals surface area (Å²) in [6.07, 6.45) is 7.34. The van der Waals surface area contributed by atoms with Crippen molar-refractivity contribution < 1.29 is 14.7 Å². The lowest BCUT2D eigenvalue weighted by Gasteiger charge is -2.15. The van der Waals surface area contributed by atoms with Gasteiger partial charge in [0.05, 0.1) is 6.04 Å². The molecule has 0 radical (unpaired) electrons. The molecule has 0 saturated heterocycles. The average Bonchev–Trinajstić information content (AvgIpc) is 2.23. The van der Waals surface area contributed by atoms with Crippen molar-refractivity contribution in [3.63, 3.8) is 0 Å². The molecule has 0 aromatic rings. The van der Waals surface area contributed by atoms with Crippen molar-refractivity contribution in [1.82, 2.24) is 10.6 Å². The van der Waals surface area contributed by atoms with Crippen LogP contribution in [0.3, 0.4) is 0 Å². The van der Waals surface area contributed by atoms with Crippen molar-refractivity contribution in [3.8, 4) is 12.3 Å². The Morgan fingerprint density at radius 3 is 2.56 bits per heavy atom. The van der Waals surface area contributed by atoms with E-state index < -0.39 is 24.1 Å². The molecular formula is C10H16N2O3S. The lowest BCUT2D eigenvalue weighted by molar-refractivity contribution is -0.139. The molecule has 0 spiro atoms. The highest BCUT2D eigenvalue weighted by Gasteiger charge is 2.19. The molecule has 0 bridgehead atoms. The van der Waals surface area contributed by atoms with Crippen LogP contribution in [0, 0.1) is 12.3 Å². The number of hydrogen-bond acceptors (Lipinski definition) is 3. The second-order valence-electron chi connectivity index (χ2n) is 3.18. The number of nitrogens with one attached hydrogen (secondary N) is 2. The number of thioether (sulfide) groups is 1. The van der Waals surface area contributed by atoms with Crippen LogP contribution in [-0.4, -0.2) is 41.2 Å². The summed E-state index contributed by atoms with van der Waals surface area (Å²) >= 11 is 1.53. The molecule has 0 aliphatic heterocycles. The summed E-state index contributed by atoms with van der Waals surface area (Å²) in [4.78, 5) is 22.1. The fourth-order valence-corrected chi connectivity index (χ4v) is 1.40. The van der Waals surface area contributed by atoms with E-state index in [-0.39, 0.29) is 0 Å². The molecule has 5 nitrogen and oxygen atoms in total. The van der Waals surface area contributed by atoms with E-state index in [2.05, 4.69) is 16.6 Å². The molecule has 0 heterocycles. The Morgan fingerprint density at radius 1 is 1.50 bits per heavy atom. The number of carbonyl (C=O) groups is 2. The molecule has 3 N–H and O–H groups in total. The van der Waals surface area contributed by atoms with Gasteiger partial charge in [-0.3, -0.25) is 0 Å². The molecule has 0 rings (SSSR count). The Hall–Kier alpha value is -1.35. The van der Waals surface area contributed by atoms with Crippen molar-refractivity contribution in [2.45, 2.75) is 25.4 Å². The molecule has 0 aromatic carbocycles. The van der Waals surface area contributed by atoms with Crippen molar-refractivity contribution >= 4 is 23.8 Å². The maximum atomic E-state index is 11.3. The van der Waals surface area contributed by atoms with Gasteiger partial charge < -0.3 is 15.7 Å². The predicted molar refractivity (Wildman–Crippen MR) is 64.4 cm³/mol. The first-order valence-electron chi connectivity index (χ1n) is 4.76. The molecule has 0 aliphatic rings. The van der Waals surface area contributed by atoms with Crippen molar-refractivity contribution in [3.05, 3.63) is 0 Å². The quantitative estimate of drug-likeness (QED) is 0.595. The molecular weight excluding hydrogens is 228 g/mol. The minimum absolute atomic E-state index is 0.383. The normalized spacial score (nSPS) is 13.3. The highest BCUT2D eigenvalue weighted by Crippen LogP contribution is 2.00. The van der Waals surface area contributed by atoms with Gasteiger partial charge in [-0.15, -0.1) is 6.42 Å². The number of amides is 2. The van der Waals surface area contributed by atoms with Crippen LogP contribution in [0.25, 0.3) is 0 Å². The monoisotopic (exact) mass is 244 g/mol. The lowest BCUT2D eigenvalue weighted by Crippen LogP contribution is -2.48. The number of urea groups is 1. The Bertz CT molecular complexity index is 288. The van der Waals surface area contributed by atoms with E-state index >= 15 is 0 Å². The number of carbonyl (C=O) groups excluding carboxylic acids is 1. The van der Waals surface area contributed by atoms with Crippen LogP contribution >= 0.6 is 11.8 Å². The van der Waals surface area contributed by atoms with E-state index in [1.54, 1.807) is 6.92 Å². The highest BCUT2D eigenvalue weighted by molar-refractivity contribution is 7.98. The van der Waals surface area contributed by atoms with Crippen LogP contribution in [0.1, 0.15) is 13.3 Å². The first kappa shape index (κ1) is 14.6. The van der Waals surface area contributed by atoms with Crippen LogP contribution in [0.4, 0.5) is 4.79 Å². The third-order valence-corrected chi connectivity index (χ3v) is 2.46. The molecule has 0 fully saturated rings. The summed E-state index contributed by atoms with van der Waals surface area (Å²) in [5.41, 5.74) is 0. The summed E-state index contributed by atoms with van der Waals surface area (Å²) < 4.78 is 0. The van der Waals surface area contributed by atoms with Crippen LogP contribution in [0.15, 0.2) is 0 Å². The molecule has 0 aliphatic carbocycles. The molecule has 2 unspecified atom stereocenters. The number of rotatable bonds is 6. The first-order chi connectivity index (χ1) is 7.51. The maximum Gasteiger partial charge on any atom is 0.326 e. The molecule has 6 heteroatoms. The zero-order chi connectivity index (χ0) is 12.6. The number of aliphatic carboxylic acids is 1. The third-order valence-electron chi connectivity index (χ3n) is 1.81. The van der Waals surface area contributed by atoms with Crippen LogP contribution < -0.4 is 10.6 Å². The van der Waals surface area contributed by atoms with Gasteiger partial charge in [-0.2, -0.15) is 11.8 Å². The number of terminal acetylenes is 1. The van der Waals surface area contributed by atoms with Crippen molar-refractivity contribution in [2.24, 2.45) is 0 Å². The van der Waals surface area contributed by atoms with E-state index in [1.807, 2.05) is 6.26 Å². The minimum Gasteiger partial charge on any atom is -0.480 e. The SMILES string of the molecule is C#CC(C)NC(=O)NC(CCSC)C(=O)O. The predicted octanol–water partition coefficient (Wildman–Crippen LogP) is 0.514. The number of carboxylic acids is 1.